The number of hydrogen-bond donors (Lipinski definition) is 0. The smallest absolute Gasteiger partial charge is 0.0457 e. The second-order valence-corrected chi connectivity index (χ2v) is 7.06. The van der Waals surface area contributed by atoms with Crippen LogP contribution in [0.4, 0.5) is 0 Å². The first-order chi connectivity index (χ1) is 7.33. The molecule has 0 saturated heterocycles. The molecular formula is C15H27N. The van der Waals surface area contributed by atoms with Crippen LogP contribution in [0.25, 0.3) is 0 Å². The van der Waals surface area contributed by atoms with Gasteiger partial charge in [0.05, 0.1) is 0 Å². The Balaban J connectivity index is 3.23. The highest BCUT2D eigenvalue weighted by Crippen LogP contribution is 2.43. The van der Waals surface area contributed by atoms with Crippen LogP contribution in [0.1, 0.15) is 63.2 Å². The van der Waals surface area contributed by atoms with E-state index in [9.17, 15) is 0 Å². The van der Waals surface area contributed by atoms with Gasteiger partial charge in [-0.15, -0.1) is 0 Å². The molecule has 0 fully saturated rings. The molecule has 1 heteroatoms. The van der Waals surface area contributed by atoms with E-state index in [1.165, 1.54) is 11.3 Å². The summed E-state index contributed by atoms with van der Waals surface area (Å²) >= 11 is 0. The molecule has 0 unspecified atom stereocenters. The zero-order valence-corrected chi connectivity index (χ0v) is 12.2. The summed E-state index contributed by atoms with van der Waals surface area (Å²) < 4.78 is 8.16. The highest BCUT2D eigenvalue weighted by molar-refractivity contribution is 5.92. The lowest BCUT2D eigenvalue weighted by atomic mass is 9.78. The van der Waals surface area contributed by atoms with E-state index in [0.29, 0.717) is 0 Å². The van der Waals surface area contributed by atoms with Crippen molar-refractivity contribution in [1.82, 2.24) is 0 Å². The maximum atomic E-state index is 8.16. The van der Waals surface area contributed by atoms with Gasteiger partial charge in [-0.25, -0.2) is 0 Å². The third kappa shape index (κ3) is 2.75. The minimum atomic E-state index is -0.566. The summed E-state index contributed by atoms with van der Waals surface area (Å²) in [4.78, 5) is 4.79. The van der Waals surface area contributed by atoms with Crippen LogP contribution >= 0.6 is 0 Å². The molecule has 1 aliphatic heterocycles. The molecule has 1 heterocycles. The van der Waals surface area contributed by atoms with Gasteiger partial charge >= 0.3 is 0 Å². The van der Waals surface area contributed by atoms with E-state index in [4.69, 9.17) is 6.36 Å². The Labute approximate surface area is 102 Å². The van der Waals surface area contributed by atoms with Gasteiger partial charge in [0, 0.05) is 24.6 Å². The highest BCUT2D eigenvalue weighted by Gasteiger charge is 2.33. The fourth-order valence-corrected chi connectivity index (χ4v) is 2.02. The lowest BCUT2D eigenvalue weighted by Crippen LogP contribution is -2.16. The molecule has 92 valence electrons. The molecule has 0 saturated carbocycles. The van der Waals surface area contributed by atoms with Crippen molar-refractivity contribution in [2.24, 2.45) is 21.7 Å². The minimum Gasteiger partial charge on any atom is -0.261 e. The molecule has 0 atom stereocenters. The van der Waals surface area contributed by atoms with Crippen LogP contribution < -0.4 is 0 Å². The summed E-state index contributed by atoms with van der Waals surface area (Å²) in [7, 11) is 0. The van der Waals surface area contributed by atoms with Gasteiger partial charge in [0.1, 0.15) is 0 Å². The monoisotopic (exact) mass is 223 g/mol. The van der Waals surface area contributed by atoms with Crippen molar-refractivity contribution < 1.29 is 1.37 Å². The number of aliphatic imine (C=N–C) groups is 1. The van der Waals surface area contributed by atoms with Crippen LogP contribution in [0.3, 0.4) is 0 Å². The summed E-state index contributed by atoms with van der Waals surface area (Å²) in [6.07, 6.45) is 0.868. The van der Waals surface area contributed by atoms with Crippen LogP contribution in [0.2, 0.25) is 0 Å². The molecule has 0 aromatic heterocycles. The SMILES string of the molecule is [3H]C(C)(C)C1=NC(C(C)(C)C)=C(C(C)(C)C)C1. The molecule has 1 aliphatic rings. The van der Waals surface area contributed by atoms with Crippen LogP contribution in [0, 0.1) is 16.7 Å². The predicted octanol–water partition coefficient (Wildman–Crippen LogP) is 4.83. The van der Waals surface area contributed by atoms with Crippen molar-refractivity contribution in [2.75, 3.05) is 0 Å². The Morgan fingerprint density at radius 3 is 1.81 bits per heavy atom. The summed E-state index contributed by atoms with van der Waals surface area (Å²) in [5.41, 5.74) is 3.81. The zero-order valence-electron chi connectivity index (χ0n) is 13.2. The molecule has 0 aliphatic carbocycles. The van der Waals surface area contributed by atoms with E-state index in [1.807, 2.05) is 13.8 Å². The molecule has 1 nitrogen and oxygen atoms in total. The number of nitrogens with zero attached hydrogens (tertiary/aromatic N) is 1. The topological polar surface area (TPSA) is 12.4 Å². The fourth-order valence-electron chi connectivity index (χ4n) is 2.02. The van der Waals surface area contributed by atoms with Crippen molar-refractivity contribution in [3.8, 4) is 0 Å². The molecular weight excluding hydrogens is 194 g/mol. The van der Waals surface area contributed by atoms with Crippen molar-refractivity contribution in [3.05, 3.63) is 11.3 Å². The quantitative estimate of drug-likeness (QED) is 0.603. The maximum absolute atomic E-state index is 8.16. The maximum Gasteiger partial charge on any atom is 0.0457 e. The number of rotatable bonds is 1. The van der Waals surface area contributed by atoms with E-state index < -0.39 is 5.89 Å². The van der Waals surface area contributed by atoms with Gasteiger partial charge in [0.25, 0.3) is 0 Å². The van der Waals surface area contributed by atoms with Gasteiger partial charge in [0.2, 0.25) is 0 Å². The zero-order chi connectivity index (χ0) is 13.6. The number of allylic oxidation sites excluding steroid dienone is 2. The van der Waals surface area contributed by atoms with Crippen LogP contribution in [-0.2, 0) is 0 Å². The van der Waals surface area contributed by atoms with Crippen LogP contribution in [0.15, 0.2) is 16.3 Å². The molecule has 0 aromatic rings. The van der Waals surface area contributed by atoms with Gasteiger partial charge in [-0.3, -0.25) is 4.99 Å². The van der Waals surface area contributed by atoms with E-state index >= 15 is 0 Å². The molecule has 0 spiro atoms. The van der Waals surface area contributed by atoms with E-state index in [-0.39, 0.29) is 10.8 Å². The van der Waals surface area contributed by atoms with Crippen molar-refractivity contribution in [2.45, 2.75) is 61.8 Å². The minimum absolute atomic E-state index is 0.0651. The number of hydrogen-bond acceptors (Lipinski definition) is 1. The average molecular weight is 223 g/mol. The Bertz CT molecular complexity index is 367. The Morgan fingerprint density at radius 1 is 1.06 bits per heavy atom. The Kier molecular flexibility index (Phi) is 2.98. The van der Waals surface area contributed by atoms with E-state index in [0.717, 1.165) is 12.1 Å². The lowest BCUT2D eigenvalue weighted by molar-refractivity contribution is 0.443. The summed E-state index contributed by atoms with van der Waals surface area (Å²) in [5.74, 6) is -0.566. The summed E-state index contributed by atoms with van der Waals surface area (Å²) in [6, 6.07) is 0. The third-order valence-corrected chi connectivity index (χ3v) is 3.07. The second kappa shape index (κ2) is 4.01. The standard InChI is InChI=1S/C15H27N/c1-10(2)12-9-11(14(3,4)5)13(16-12)15(6,7)8/h10H,9H2,1-8H3/i10T. The first-order valence-corrected chi connectivity index (χ1v) is 6.15. The third-order valence-electron chi connectivity index (χ3n) is 3.07. The van der Waals surface area contributed by atoms with E-state index in [1.54, 1.807) is 0 Å². The molecule has 16 heavy (non-hydrogen) atoms. The van der Waals surface area contributed by atoms with Crippen LogP contribution in [0.5, 0.6) is 0 Å². The summed E-state index contributed by atoms with van der Waals surface area (Å²) in [6.45, 7) is 17.2. The lowest BCUT2D eigenvalue weighted by Gasteiger charge is -2.27. The molecule has 0 bridgehead atoms. The van der Waals surface area contributed by atoms with Gasteiger partial charge in [0.15, 0.2) is 0 Å². The van der Waals surface area contributed by atoms with Gasteiger partial charge in [-0.05, 0) is 16.9 Å². The normalized spacial score (nSPS) is 20.0. The van der Waals surface area contributed by atoms with Crippen molar-refractivity contribution >= 4 is 5.71 Å². The van der Waals surface area contributed by atoms with Crippen LogP contribution in [-0.4, -0.2) is 5.71 Å². The fraction of sp³-hybridized carbons (Fsp3) is 0.800. The summed E-state index contributed by atoms with van der Waals surface area (Å²) in [5, 5.41) is 0. The molecule has 1 rings (SSSR count). The van der Waals surface area contributed by atoms with Gasteiger partial charge in [-0.2, -0.15) is 0 Å². The van der Waals surface area contributed by atoms with Crippen molar-refractivity contribution in [1.29, 1.82) is 0 Å². The first-order valence-electron chi connectivity index (χ1n) is 6.65. The molecule has 0 N–H and O–H groups in total. The predicted molar refractivity (Wildman–Crippen MR) is 72.8 cm³/mol. The molecule has 0 aromatic carbocycles. The van der Waals surface area contributed by atoms with E-state index in [2.05, 4.69) is 41.5 Å². The molecule has 0 radical (unpaired) electrons. The second-order valence-electron chi connectivity index (χ2n) is 7.06. The Morgan fingerprint density at radius 2 is 1.56 bits per heavy atom. The largest absolute Gasteiger partial charge is 0.261 e. The first kappa shape index (κ1) is 11.9. The van der Waals surface area contributed by atoms with Gasteiger partial charge in [-0.1, -0.05) is 55.4 Å². The Hall–Kier alpha value is -0.590. The molecule has 0 amide bonds. The highest BCUT2D eigenvalue weighted by atomic mass is 14.8. The average Bonchev–Trinajstić information content (AvgIpc) is 2.42. The van der Waals surface area contributed by atoms with Crippen molar-refractivity contribution in [3.63, 3.8) is 0 Å². The van der Waals surface area contributed by atoms with Gasteiger partial charge < -0.3 is 0 Å².